The molecule has 5 heteroatoms. The summed E-state index contributed by atoms with van der Waals surface area (Å²) in [5.41, 5.74) is 6.68. The van der Waals surface area contributed by atoms with E-state index in [4.69, 9.17) is 5.73 Å². The van der Waals surface area contributed by atoms with E-state index in [2.05, 4.69) is 9.97 Å². The topological polar surface area (TPSA) is 51.8 Å². The van der Waals surface area contributed by atoms with Crippen LogP contribution in [0.2, 0.25) is 0 Å². The highest BCUT2D eigenvalue weighted by atomic mass is 35.5. The Balaban J connectivity index is 0.00000112. The number of halogens is 1. The zero-order valence-electron chi connectivity index (χ0n) is 8.56. The second-order valence-corrected chi connectivity index (χ2v) is 4.65. The van der Waals surface area contributed by atoms with Crippen molar-refractivity contribution in [3.63, 3.8) is 0 Å². The van der Waals surface area contributed by atoms with E-state index in [9.17, 15) is 0 Å². The van der Waals surface area contributed by atoms with Crippen LogP contribution in [0.5, 0.6) is 0 Å². The largest absolute Gasteiger partial charge is 0.330 e. The van der Waals surface area contributed by atoms with Crippen molar-refractivity contribution in [2.45, 2.75) is 18.8 Å². The molecule has 1 fully saturated rings. The van der Waals surface area contributed by atoms with Gasteiger partial charge in [-0.3, -0.25) is 0 Å². The Labute approximate surface area is 101 Å². The van der Waals surface area contributed by atoms with Crippen LogP contribution >= 0.6 is 24.2 Å². The van der Waals surface area contributed by atoms with Gasteiger partial charge in [0.2, 0.25) is 0 Å². The minimum absolute atomic E-state index is 0. The highest BCUT2D eigenvalue weighted by Crippen LogP contribution is 2.30. The Hall–Kier alpha value is -0.320. The van der Waals surface area contributed by atoms with Gasteiger partial charge in [-0.15, -0.1) is 12.4 Å². The predicted octanol–water partition coefficient (Wildman–Crippen LogP) is 1.62. The first-order valence-corrected chi connectivity index (χ1v) is 6.15. The lowest BCUT2D eigenvalue weighted by atomic mass is 10.1. The molecule has 1 aliphatic rings. The Morgan fingerprint density at radius 2 is 2.40 bits per heavy atom. The summed E-state index contributed by atoms with van der Waals surface area (Å²) < 4.78 is 0. The average Bonchev–Trinajstić information content (AvgIpc) is 2.71. The molecule has 3 nitrogen and oxygen atoms in total. The molecule has 0 saturated carbocycles. The molecule has 0 bridgehead atoms. The van der Waals surface area contributed by atoms with Crippen molar-refractivity contribution in [3.05, 3.63) is 23.8 Å². The maximum absolute atomic E-state index is 5.48. The maximum Gasteiger partial charge on any atom is 0.129 e. The fraction of sp³-hybridized carbons (Fsp3) is 0.600. The number of nitrogens with zero attached hydrogens (tertiary/aromatic N) is 2. The summed E-state index contributed by atoms with van der Waals surface area (Å²) in [4.78, 5) is 8.74. The molecule has 0 radical (unpaired) electrons. The standard InChI is InChI=1S/C10H15N3S.ClH/c11-4-1-10-12-5-2-9(13-10)8-3-6-14-7-8;/h2,5,8H,1,3-4,6-7,11H2;1H. The van der Waals surface area contributed by atoms with Gasteiger partial charge in [-0.2, -0.15) is 11.8 Å². The van der Waals surface area contributed by atoms with Crippen LogP contribution in [-0.4, -0.2) is 28.0 Å². The zero-order chi connectivity index (χ0) is 9.80. The highest BCUT2D eigenvalue weighted by molar-refractivity contribution is 7.99. The van der Waals surface area contributed by atoms with Crippen molar-refractivity contribution in [1.29, 1.82) is 0 Å². The second kappa shape index (κ2) is 6.30. The van der Waals surface area contributed by atoms with Gasteiger partial charge in [-0.1, -0.05) is 0 Å². The fourth-order valence-electron chi connectivity index (χ4n) is 1.66. The monoisotopic (exact) mass is 245 g/mol. The molecule has 0 aliphatic carbocycles. The molecule has 1 aliphatic heterocycles. The second-order valence-electron chi connectivity index (χ2n) is 3.50. The molecule has 2 N–H and O–H groups in total. The number of nitrogens with two attached hydrogens (primary N) is 1. The van der Waals surface area contributed by atoms with Crippen molar-refractivity contribution in [2.24, 2.45) is 5.73 Å². The van der Waals surface area contributed by atoms with E-state index in [1.165, 1.54) is 23.6 Å². The number of hydrogen-bond donors (Lipinski definition) is 1. The molecule has 1 saturated heterocycles. The maximum atomic E-state index is 5.48. The van der Waals surface area contributed by atoms with Gasteiger partial charge in [0, 0.05) is 30.0 Å². The number of hydrogen-bond acceptors (Lipinski definition) is 4. The summed E-state index contributed by atoms with van der Waals surface area (Å²) in [5.74, 6) is 4.00. The number of aromatic nitrogens is 2. The van der Waals surface area contributed by atoms with E-state index in [-0.39, 0.29) is 12.4 Å². The molecule has 0 spiro atoms. The van der Waals surface area contributed by atoms with Crippen LogP contribution in [0.1, 0.15) is 23.9 Å². The van der Waals surface area contributed by atoms with Crippen LogP contribution < -0.4 is 5.73 Å². The summed E-state index contributed by atoms with van der Waals surface area (Å²) in [6, 6.07) is 2.04. The third-order valence-electron chi connectivity index (χ3n) is 2.44. The van der Waals surface area contributed by atoms with Gasteiger partial charge in [0.15, 0.2) is 0 Å². The molecule has 2 heterocycles. The third kappa shape index (κ3) is 3.33. The summed E-state index contributed by atoms with van der Waals surface area (Å²) in [7, 11) is 0. The van der Waals surface area contributed by atoms with Crippen LogP contribution in [-0.2, 0) is 6.42 Å². The predicted molar refractivity (Wildman–Crippen MR) is 66.7 cm³/mol. The lowest BCUT2D eigenvalue weighted by molar-refractivity contribution is 0.727. The van der Waals surface area contributed by atoms with Gasteiger partial charge in [0.1, 0.15) is 5.82 Å². The summed E-state index contributed by atoms with van der Waals surface area (Å²) >= 11 is 2.01. The van der Waals surface area contributed by atoms with E-state index in [0.717, 1.165) is 12.2 Å². The molecule has 2 rings (SSSR count). The first-order chi connectivity index (χ1) is 6.90. The lowest BCUT2D eigenvalue weighted by Gasteiger charge is -2.08. The Bertz CT molecular complexity index is 302. The summed E-state index contributed by atoms with van der Waals surface area (Å²) in [6.07, 6.45) is 3.90. The number of thioether (sulfide) groups is 1. The van der Waals surface area contributed by atoms with Gasteiger partial charge in [0.25, 0.3) is 0 Å². The van der Waals surface area contributed by atoms with Crippen LogP contribution in [0.3, 0.4) is 0 Å². The van der Waals surface area contributed by atoms with Crippen LogP contribution in [0.25, 0.3) is 0 Å². The van der Waals surface area contributed by atoms with Gasteiger partial charge in [-0.25, -0.2) is 9.97 Å². The van der Waals surface area contributed by atoms with Crippen molar-refractivity contribution in [2.75, 3.05) is 18.1 Å². The highest BCUT2D eigenvalue weighted by Gasteiger charge is 2.18. The molecule has 15 heavy (non-hydrogen) atoms. The van der Waals surface area contributed by atoms with Gasteiger partial charge >= 0.3 is 0 Å². The quantitative estimate of drug-likeness (QED) is 0.879. The third-order valence-corrected chi connectivity index (χ3v) is 3.61. The Kier molecular flexibility index (Phi) is 5.36. The minimum Gasteiger partial charge on any atom is -0.330 e. The molecule has 1 atom stereocenters. The van der Waals surface area contributed by atoms with Crippen LogP contribution in [0.4, 0.5) is 0 Å². The van der Waals surface area contributed by atoms with Crippen LogP contribution in [0.15, 0.2) is 12.3 Å². The van der Waals surface area contributed by atoms with Crippen LogP contribution in [0, 0.1) is 0 Å². The molecular formula is C10H16ClN3S. The van der Waals surface area contributed by atoms with E-state index in [1.807, 2.05) is 24.0 Å². The zero-order valence-corrected chi connectivity index (χ0v) is 10.2. The molecule has 1 aromatic rings. The molecule has 1 unspecified atom stereocenters. The van der Waals surface area contributed by atoms with Gasteiger partial charge in [-0.05, 0) is 24.8 Å². The van der Waals surface area contributed by atoms with Crippen molar-refractivity contribution >= 4 is 24.2 Å². The van der Waals surface area contributed by atoms with Crippen molar-refractivity contribution in [1.82, 2.24) is 9.97 Å². The molecular weight excluding hydrogens is 230 g/mol. The average molecular weight is 246 g/mol. The normalized spacial score (nSPS) is 19.9. The summed E-state index contributed by atoms with van der Waals surface area (Å²) in [5, 5.41) is 0. The molecule has 0 aromatic carbocycles. The smallest absolute Gasteiger partial charge is 0.129 e. The first-order valence-electron chi connectivity index (χ1n) is 5.00. The van der Waals surface area contributed by atoms with E-state index < -0.39 is 0 Å². The molecule has 84 valence electrons. The SMILES string of the molecule is Cl.NCCc1nccc(C2CCSC2)n1. The van der Waals surface area contributed by atoms with E-state index >= 15 is 0 Å². The number of rotatable bonds is 3. The van der Waals surface area contributed by atoms with Gasteiger partial charge < -0.3 is 5.73 Å². The minimum atomic E-state index is 0. The van der Waals surface area contributed by atoms with E-state index in [1.54, 1.807) is 0 Å². The van der Waals surface area contributed by atoms with Crippen molar-refractivity contribution in [3.8, 4) is 0 Å². The van der Waals surface area contributed by atoms with Gasteiger partial charge in [0.05, 0.1) is 0 Å². The lowest BCUT2D eigenvalue weighted by Crippen LogP contribution is -2.09. The van der Waals surface area contributed by atoms with Crippen molar-refractivity contribution < 1.29 is 0 Å². The molecule has 0 amide bonds. The molecule has 1 aromatic heterocycles. The summed E-state index contributed by atoms with van der Waals surface area (Å²) in [6.45, 7) is 0.628. The Morgan fingerprint density at radius 3 is 3.07 bits per heavy atom. The first kappa shape index (κ1) is 12.7. The fourth-order valence-corrected chi connectivity index (χ4v) is 2.90. The van der Waals surface area contributed by atoms with E-state index in [0.29, 0.717) is 12.5 Å². The Morgan fingerprint density at radius 1 is 1.53 bits per heavy atom.